The average molecular weight is 438 g/mol. The van der Waals surface area contributed by atoms with Crippen molar-refractivity contribution >= 4 is 22.9 Å². The predicted octanol–water partition coefficient (Wildman–Crippen LogP) is 3.19. The topological polar surface area (TPSA) is 76.3 Å². The molecule has 0 unspecified atom stereocenters. The third-order valence-corrected chi connectivity index (χ3v) is 6.18. The maximum absolute atomic E-state index is 13.7. The molecular weight excluding hydrogens is 417 g/mol. The number of hydrogen-bond acceptors (Lipinski definition) is 7. The number of aromatic nitrogens is 5. The third kappa shape index (κ3) is 4.51. The number of likely N-dealkylation sites (tertiary alicyclic amines) is 1. The lowest BCUT2D eigenvalue weighted by molar-refractivity contribution is -0.189. The Kier molecular flexibility index (Phi) is 5.58. The second kappa shape index (κ2) is 8.03. The summed E-state index contributed by atoms with van der Waals surface area (Å²) in [5.74, 6) is -1.40. The molecule has 160 valence electrons. The number of hydrogen-bond donors (Lipinski definition) is 0. The van der Waals surface area contributed by atoms with Crippen LogP contribution in [0.3, 0.4) is 0 Å². The largest absolute Gasteiger partial charge is 0.393 e. The van der Waals surface area contributed by atoms with Gasteiger partial charge in [-0.25, -0.2) is 14.5 Å². The fraction of sp³-hybridized carbons (Fsp3) is 0.526. The Hall–Kier alpha value is -2.40. The van der Waals surface area contributed by atoms with Gasteiger partial charge in [-0.15, -0.1) is 11.3 Å². The number of piperidine rings is 1. The van der Waals surface area contributed by atoms with Crippen molar-refractivity contribution in [2.24, 2.45) is 5.92 Å². The van der Waals surface area contributed by atoms with Crippen LogP contribution in [0.15, 0.2) is 18.6 Å². The Balaban J connectivity index is 1.61. The molecule has 11 heteroatoms. The lowest BCUT2D eigenvalue weighted by Crippen LogP contribution is -2.44. The number of carbonyl (C=O) groups is 1. The van der Waals surface area contributed by atoms with Gasteiger partial charge < -0.3 is 0 Å². The molecule has 3 aromatic rings. The van der Waals surface area contributed by atoms with Gasteiger partial charge >= 0.3 is 6.18 Å². The number of halogens is 3. The summed E-state index contributed by atoms with van der Waals surface area (Å²) in [6.45, 7) is 4.05. The van der Waals surface area contributed by atoms with Crippen molar-refractivity contribution in [1.29, 1.82) is 0 Å². The minimum absolute atomic E-state index is 0.00328. The maximum atomic E-state index is 13.7. The molecule has 1 aliphatic rings. The van der Waals surface area contributed by atoms with Gasteiger partial charge in [-0.2, -0.15) is 23.3 Å². The first-order chi connectivity index (χ1) is 14.2. The fourth-order valence-corrected chi connectivity index (χ4v) is 4.99. The number of Topliss-reactive ketones (excluding diaryl/α,β-unsaturated/α-hetero) is 1. The van der Waals surface area contributed by atoms with Crippen molar-refractivity contribution in [3.05, 3.63) is 39.9 Å². The van der Waals surface area contributed by atoms with Crippen molar-refractivity contribution in [2.75, 3.05) is 13.1 Å². The van der Waals surface area contributed by atoms with E-state index in [9.17, 15) is 18.0 Å². The van der Waals surface area contributed by atoms with Gasteiger partial charge in [-0.3, -0.25) is 9.69 Å². The molecule has 0 aliphatic carbocycles. The van der Waals surface area contributed by atoms with Crippen LogP contribution >= 0.6 is 11.3 Å². The Bertz CT molecular complexity index is 1060. The zero-order chi connectivity index (χ0) is 21.5. The molecule has 1 fully saturated rings. The second-order valence-corrected chi connectivity index (χ2v) is 8.96. The zero-order valence-electron chi connectivity index (χ0n) is 16.6. The lowest BCUT2D eigenvalue weighted by Gasteiger charge is -2.38. The highest BCUT2D eigenvalue weighted by Gasteiger charge is 2.45. The van der Waals surface area contributed by atoms with E-state index >= 15 is 0 Å². The number of carbonyl (C=O) groups excluding carboxylic acids is 1. The van der Waals surface area contributed by atoms with Gasteiger partial charge in [0.25, 0.3) is 5.78 Å². The molecule has 7 nitrogen and oxygen atoms in total. The normalized spacial score (nSPS) is 20.7. The van der Waals surface area contributed by atoms with Crippen LogP contribution in [0.1, 0.15) is 40.5 Å². The Morgan fingerprint density at radius 1 is 1.30 bits per heavy atom. The van der Waals surface area contributed by atoms with Gasteiger partial charge in [0.1, 0.15) is 17.1 Å². The smallest absolute Gasteiger partial charge is 0.300 e. The Morgan fingerprint density at radius 3 is 2.83 bits per heavy atom. The number of rotatable bonds is 5. The predicted molar refractivity (Wildman–Crippen MR) is 104 cm³/mol. The highest BCUT2D eigenvalue weighted by Crippen LogP contribution is 2.39. The van der Waals surface area contributed by atoms with Crippen LogP contribution in [0.5, 0.6) is 0 Å². The summed E-state index contributed by atoms with van der Waals surface area (Å²) in [4.78, 5) is 26.6. The van der Waals surface area contributed by atoms with E-state index < -0.39 is 12.1 Å². The Labute approximate surface area is 175 Å². The number of alkyl halides is 3. The summed E-state index contributed by atoms with van der Waals surface area (Å²) >= 11 is 1.37. The summed E-state index contributed by atoms with van der Waals surface area (Å²) < 4.78 is 42.6. The molecule has 0 amide bonds. The number of thiazole rings is 1. The number of ketones is 1. The zero-order valence-corrected chi connectivity index (χ0v) is 17.4. The van der Waals surface area contributed by atoms with E-state index in [0.29, 0.717) is 35.3 Å². The first-order valence-electron chi connectivity index (χ1n) is 9.58. The summed E-state index contributed by atoms with van der Waals surface area (Å²) in [6.07, 6.45) is -1.02. The molecule has 0 saturated carbocycles. The minimum atomic E-state index is -4.28. The van der Waals surface area contributed by atoms with E-state index in [1.165, 1.54) is 29.1 Å². The number of aryl methyl sites for hydroxylation is 1. The molecule has 0 bridgehead atoms. The van der Waals surface area contributed by atoms with E-state index in [-0.39, 0.29) is 31.1 Å². The van der Waals surface area contributed by atoms with Crippen molar-refractivity contribution in [1.82, 2.24) is 29.5 Å². The van der Waals surface area contributed by atoms with Crippen LogP contribution in [0.25, 0.3) is 5.78 Å². The summed E-state index contributed by atoms with van der Waals surface area (Å²) in [5, 5.41) is 4.85. The van der Waals surface area contributed by atoms with Crippen LogP contribution in [0.2, 0.25) is 0 Å². The third-order valence-electron chi connectivity index (χ3n) is 5.20. The van der Waals surface area contributed by atoms with Crippen molar-refractivity contribution in [3.63, 3.8) is 0 Å². The quantitative estimate of drug-likeness (QED) is 0.609. The first-order valence-corrected chi connectivity index (χ1v) is 10.4. The molecule has 1 aliphatic heterocycles. The van der Waals surface area contributed by atoms with Crippen molar-refractivity contribution < 1.29 is 18.0 Å². The van der Waals surface area contributed by atoms with Crippen LogP contribution < -0.4 is 0 Å². The van der Waals surface area contributed by atoms with E-state index in [2.05, 4.69) is 20.1 Å². The fourth-order valence-electron chi connectivity index (χ4n) is 3.96. The SMILES string of the molecule is CC(=O)Cc1ncc(CN2C[C@@H](c3cc(C)nc4ncnn34)C[C@@H](C(F)(F)F)C2)s1. The molecule has 4 rings (SSSR count). The number of fused-ring (bicyclic) bond motifs is 1. The summed E-state index contributed by atoms with van der Waals surface area (Å²) in [6, 6.07) is 1.79. The maximum Gasteiger partial charge on any atom is 0.393 e. The van der Waals surface area contributed by atoms with Gasteiger partial charge in [-0.1, -0.05) is 0 Å². The van der Waals surface area contributed by atoms with Gasteiger partial charge in [0.15, 0.2) is 0 Å². The summed E-state index contributed by atoms with van der Waals surface area (Å²) in [7, 11) is 0. The van der Waals surface area contributed by atoms with Crippen molar-refractivity contribution in [3.8, 4) is 0 Å². The van der Waals surface area contributed by atoms with E-state index in [0.717, 1.165) is 4.88 Å². The van der Waals surface area contributed by atoms with Gasteiger partial charge in [0.2, 0.25) is 0 Å². The van der Waals surface area contributed by atoms with Crippen LogP contribution in [-0.4, -0.2) is 54.5 Å². The molecule has 3 aromatic heterocycles. The van der Waals surface area contributed by atoms with Crippen LogP contribution in [0.4, 0.5) is 13.2 Å². The van der Waals surface area contributed by atoms with Gasteiger partial charge in [0, 0.05) is 42.3 Å². The minimum Gasteiger partial charge on any atom is -0.300 e. The van der Waals surface area contributed by atoms with E-state index in [1.54, 1.807) is 19.2 Å². The highest BCUT2D eigenvalue weighted by molar-refractivity contribution is 7.11. The monoisotopic (exact) mass is 438 g/mol. The highest BCUT2D eigenvalue weighted by atomic mass is 32.1. The van der Waals surface area contributed by atoms with Gasteiger partial charge in [-0.05, 0) is 26.3 Å². The molecule has 0 spiro atoms. The lowest BCUT2D eigenvalue weighted by atomic mass is 9.86. The molecular formula is C19H21F3N6OS. The molecule has 4 heterocycles. The molecule has 0 radical (unpaired) electrons. The molecule has 0 N–H and O–H groups in total. The molecule has 0 aromatic carbocycles. The molecule has 30 heavy (non-hydrogen) atoms. The second-order valence-electron chi connectivity index (χ2n) is 7.76. The Morgan fingerprint density at radius 2 is 2.10 bits per heavy atom. The molecule has 2 atom stereocenters. The van der Waals surface area contributed by atoms with Gasteiger partial charge in [0.05, 0.1) is 18.0 Å². The first kappa shape index (κ1) is 20.9. The van der Waals surface area contributed by atoms with Crippen LogP contribution in [0, 0.1) is 12.8 Å². The van der Waals surface area contributed by atoms with E-state index in [4.69, 9.17) is 0 Å². The summed E-state index contributed by atoms with van der Waals surface area (Å²) in [5.41, 5.74) is 1.39. The van der Waals surface area contributed by atoms with Crippen LogP contribution in [-0.2, 0) is 17.8 Å². The molecule has 1 saturated heterocycles. The average Bonchev–Trinajstić information content (AvgIpc) is 3.28. The van der Waals surface area contributed by atoms with E-state index in [1.807, 2.05) is 4.90 Å². The number of nitrogens with zero attached hydrogens (tertiary/aromatic N) is 6. The standard InChI is InChI=1S/C19H21F3N6OS/c1-11-3-16(28-18(26-11)24-10-25-28)13-5-14(19(20,21)22)8-27(7-13)9-15-6-23-17(30-15)4-12(2)29/h3,6,10,13-14H,4-5,7-9H2,1-2H3/t13-,14+/m0/s1. The van der Waals surface area contributed by atoms with Crippen molar-refractivity contribution in [2.45, 2.75) is 45.3 Å².